The summed E-state index contributed by atoms with van der Waals surface area (Å²) < 4.78 is 2.29. The first-order valence-corrected chi connectivity index (χ1v) is 7.69. The maximum Gasteiger partial charge on any atom is 0.267 e. The summed E-state index contributed by atoms with van der Waals surface area (Å²) in [7, 11) is 0. The van der Waals surface area contributed by atoms with E-state index in [4.69, 9.17) is 0 Å². The monoisotopic (exact) mass is 364 g/mol. The summed E-state index contributed by atoms with van der Waals surface area (Å²) in [5.41, 5.74) is 0.126. The standard InChI is InChI=1S/C12H18Br2N2O/c1-4-12(5-2,7-13)8-16-9(3)15-6-10(14)11(16)17/h6H,4-5,7-8H2,1-3H3. The molecule has 1 heterocycles. The lowest BCUT2D eigenvalue weighted by atomic mass is 9.84. The van der Waals surface area contributed by atoms with Gasteiger partial charge in [-0.3, -0.25) is 9.36 Å². The second kappa shape index (κ2) is 6.14. The highest BCUT2D eigenvalue weighted by Crippen LogP contribution is 2.30. The van der Waals surface area contributed by atoms with Crippen molar-refractivity contribution in [3.8, 4) is 0 Å². The minimum Gasteiger partial charge on any atom is -0.295 e. The van der Waals surface area contributed by atoms with Crippen LogP contribution in [0.15, 0.2) is 15.5 Å². The third-order valence-corrected chi connectivity index (χ3v) is 5.22. The fraction of sp³-hybridized carbons (Fsp3) is 0.667. The molecule has 1 aromatic heterocycles. The number of halogens is 2. The molecule has 0 aliphatic heterocycles. The van der Waals surface area contributed by atoms with E-state index >= 15 is 0 Å². The minimum absolute atomic E-state index is 0.00438. The van der Waals surface area contributed by atoms with Crippen LogP contribution in [0.2, 0.25) is 0 Å². The molecule has 5 heteroatoms. The Hall–Kier alpha value is -0.160. The van der Waals surface area contributed by atoms with Crippen LogP contribution in [-0.2, 0) is 6.54 Å². The van der Waals surface area contributed by atoms with E-state index in [1.807, 2.05) is 6.92 Å². The molecule has 0 aromatic carbocycles. The predicted molar refractivity (Wildman–Crippen MR) is 77.7 cm³/mol. The van der Waals surface area contributed by atoms with Crippen LogP contribution in [0.3, 0.4) is 0 Å². The Morgan fingerprint density at radius 1 is 1.41 bits per heavy atom. The third kappa shape index (κ3) is 3.19. The number of hydrogen-bond acceptors (Lipinski definition) is 2. The Balaban J connectivity index is 3.18. The van der Waals surface area contributed by atoms with Gasteiger partial charge in [0.05, 0.1) is 0 Å². The molecule has 17 heavy (non-hydrogen) atoms. The number of aryl methyl sites for hydroxylation is 1. The Morgan fingerprint density at radius 3 is 2.47 bits per heavy atom. The molecule has 0 bridgehead atoms. The van der Waals surface area contributed by atoms with Crippen molar-refractivity contribution >= 4 is 31.9 Å². The molecule has 0 atom stereocenters. The zero-order valence-corrected chi connectivity index (χ0v) is 13.6. The van der Waals surface area contributed by atoms with Gasteiger partial charge in [0.2, 0.25) is 0 Å². The van der Waals surface area contributed by atoms with Gasteiger partial charge in [0.15, 0.2) is 0 Å². The highest BCUT2D eigenvalue weighted by Gasteiger charge is 2.26. The van der Waals surface area contributed by atoms with Gasteiger partial charge < -0.3 is 0 Å². The van der Waals surface area contributed by atoms with Crippen molar-refractivity contribution in [2.24, 2.45) is 5.41 Å². The second-order valence-electron chi connectivity index (χ2n) is 4.39. The van der Waals surface area contributed by atoms with E-state index in [1.54, 1.807) is 10.8 Å². The molecule has 0 saturated carbocycles. The molecule has 1 aromatic rings. The Kier molecular flexibility index (Phi) is 5.38. The molecule has 0 saturated heterocycles. The molecule has 0 aliphatic rings. The lowest BCUT2D eigenvalue weighted by molar-refractivity contribution is 0.252. The van der Waals surface area contributed by atoms with Crippen LogP contribution >= 0.6 is 31.9 Å². The zero-order valence-electron chi connectivity index (χ0n) is 10.5. The summed E-state index contributed by atoms with van der Waals surface area (Å²) in [5, 5.41) is 0.894. The Labute approximate surface area is 119 Å². The average molecular weight is 366 g/mol. The predicted octanol–water partition coefficient (Wildman–Crippen LogP) is 3.52. The van der Waals surface area contributed by atoms with E-state index < -0.39 is 0 Å². The molecule has 0 amide bonds. The average Bonchev–Trinajstić information content (AvgIpc) is 2.36. The van der Waals surface area contributed by atoms with Crippen molar-refractivity contribution in [2.75, 3.05) is 5.33 Å². The SMILES string of the molecule is CCC(CC)(CBr)Cn1c(C)ncc(Br)c1=O. The first kappa shape index (κ1) is 14.9. The minimum atomic E-state index is 0.00438. The van der Waals surface area contributed by atoms with Crippen molar-refractivity contribution in [3.05, 3.63) is 26.8 Å². The van der Waals surface area contributed by atoms with Gasteiger partial charge in [0, 0.05) is 18.1 Å². The number of aromatic nitrogens is 2. The van der Waals surface area contributed by atoms with E-state index in [0.717, 1.165) is 24.0 Å². The van der Waals surface area contributed by atoms with Gasteiger partial charge in [-0.05, 0) is 41.1 Å². The van der Waals surface area contributed by atoms with Crippen molar-refractivity contribution in [3.63, 3.8) is 0 Å². The maximum absolute atomic E-state index is 12.1. The van der Waals surface area contributed by atoms with Gasteiger partial charge in [-0.25, -0.2) is 4.98 Å². The van der Waals surface area contributed by atoms with E-state index in [9.17, 15) is 4.79 Å². The van der Waals surface area contributed by atoms with Crippen molar-refractivity contribution in [1.29, 1.82) is 0 Å². The summed E-state index contributed by atoms with van der Waals surface area (Å²) in [6.07, 6.45) is 3.64. The largest absolute Gasteiger partial charge is 0.295 e. The fourth-order valence-corrected chi connectivity index (χ4v) is 3.06. The quantitative estimate of drug-likeness (QED) is 0.748. The number of rotatable bonds is 5. The van der Waals surface area contributed by atoms with Crippen LogP contribution < -0.4 is 5.56 Å². The third-order valence-electron chi connectivity index (χ3n) is 3.48. The molecule has 0 spiro atoms. The maximum atomic E-state index is 12.1. The van der Waals surface area contributed by atoms with Crippen molar-refractivity contribution in [2.45, 2.75) is 40.2 Å². The summed E-state index contributed by atoms with van der Waals surface area (Å²) >= 11 is 6.82. The first-order valence-electron chi connectivity index (χ1n) is 5.77. The molecule has 0 unspecified atom stereocenters. The molecule has 3 nitrogen and oxygen atoms in total. The molecule has 0 fully saturated rings. The lowest BCUT2D eigenvalue weighted by Gasteiger charge is -2.30. The van der Waals surface area contributed by atoms with Crippen LogP contribution in [0.4, 0.5) is 0 Å². The Bertz CT molecular complexity index is 430. The molecule has 1 rings (SSSR count). The summed E-state index contributed by atoms with van der Waals surface area (Å²) in [6.45, 7) is 6.91. The molecule has 0 radical (unpaired) electrons. The van der Waals surface area contributed by atoms with Gasteiger partial charge in [0.25, 0.3) is 5.56 Å². The number of alkyl halides is 1. The zero-order chi connectivity index (χ0) is 13.1. The molecular formula is C12H18Br2N2O. The molecule has 96 valence electrons. The first-order chi connectivity index (χ1) is 7.99. The lowest BCUT2D eigenvalue weighted by Crippen LogP contribution is -2.34. The van der Waals surface area contributed by atoms with Gasteiger partial charge in [-0.1, -0.05) is 29.8 Å². The van der Waals surface area contributed by atoms with Gasteiger partial charge in [0.1, 0.15) is 10.3 Å². The van der Waals surface area contributed by atoms with Crippen LogP contribution in [-0.4, -0.2) is 14.9 Å². The highest BCUT2D eigenvalue weighted by molar-refractivity contribution is 9.10. The highest BCUT2D eigenvalue weighted by atomic mass is 79.9. The smallest absolute Gasteiger partial charge is 0.267 e. The van der Waals surface area contributed by atoms with E-state index in [-0.39, 0.29) is 11.0 Å². The van der Waals surface area contributed by atoms with Crippen LogP contribution in [0, 0.1) is 12.3 Å². The topological polar surface area (TPSA) is 34.9 Å². The fourth-order valence-electron chi connectivity index (χ4n) is 1.78. The van der Waals surface area contributed by atoms with Crippen LogP contribution in [0.25, 0.3) is 0 Å². The summed E-state index contributed by atoms with van der Waals surface area (Å²) in [4.78, 5) is 16.3. The van der Waals surface area contributed by atoms with E-state index in [1.165, 1.54) is 0 Å². The summed E-state index contributed by atoms with van der Waals surface area (Å²) in [6, 6.07) is 0. The van der Waals surface area contributed by atoms with Crippen molar-refractivity contribution in [1.82, 2.24) is 9.55 Å². The number of nitrogens with zero attached hydrogens (tertiary/aromatic N) is 2. The summed E-state index contributed by atoms with van der Waals surface area (Å²) in [5.74, 6) is 0.769. The van der Waals surface area contributed by atoms with Crippen molar-refractivity contribution < 1.29 is 0 Å². The van der Waals surface area contributed by atoms with Gasteiger partial charge >= 0.3 is 0 Å². The van der Waals surface area contributed by atoms with Gasteiger partial charge in [-0.2, -0.15) is 0 Å². The molecular weight excluding hydrogens is 348 g/mol. The second-order valence-corrected chi connectivity index (χ2v) is 5.80. The molecule has 0 aliphatic carbocycles. The normalized spacial score (nSPS) is 11.8. The Morgan fingerprint density at radius 2 is 2.00 bits per heavy atom. The number of hydrogen-bond donors (Lipinski definition) is 0. The van der Waals surface area contributed by atoms with E-state index in [2.05, 4.69) is 50.7 Å². The van der Waals surface area contributed by atoms with Gasteiger partial charge in [-0.15, -0.1) is 0 Å². The van der Waals surface area contributed by atoms with Crippen LogP contribution in [0.1, 0.15) is 32.5 Å². The molecule has 0 N–H and O–H groups in total. The van der Waals surface area contributed by atoms with E-state index in [0.29, 0.717) is 11.0 Å². The van der Waals surface area contributed by atoms with Crippen LogP contribution in [0.5, 0.6) is 0 Å².